The highest BCUT2D eigenvalue weighted by molar-refractivity contribution is 6.30. The number of hydrogen-bond acceptors (Lipinski definition) is 2. The summed E-state index contributed by atoms with van der Waals surface area (Å²) in [6, 6.07) is 14.5. The average Bonchev–Trinajstić information content (AvgIpc) is 3.00. The van der Waals surface area contributed by atoms with Gasteiger partial charge in [0, 0.05) is 16.0 Å². The molecule has 0 aliphatic rings. The second kappa shape index (κ2) is 5.73. The van der Waals surface area contributed by atoms with Crippen LogP contribution in [0.15, 0.2) is 60.9 Å². The van der Waals surface area contributed by atoms with E-state index in [1.807, 2.05) is 30.3 Å². The minimum absolute atomic E-state index is 0.225. The summed E-state index contributed by atoms with van der Waals surface area (Å²) in [5, 5.41) is 6.05. The third-order valence-corrected chi connectivity index (χ3v) is 4.20. The van der Waals surface area contributed by atoms with Crippen LogP contribution < -0.4 is 0 Å². The summed E-state index contributed by atoms with van der Waals surface area (Å²) < 4.78 is 15.2. The number of fused-ring (bicyclic) bond motifs is 1. The summed E-state index contributed by atoms with van der Waals surface area (Å²) in [6.45, 7) is 1.74. The number of nitrogens with zero attached hydrogens (tertiary/aromatic N) is 3. The second-order valence-electron chi connectivity index (χ2n) is 5.63. The van der Waals surface area contributed by atoms with Crippen molar-refractivity contribution in [2.75, 3.05) is 0 Å². The standard InChI is InChI=1S/C19H13ClFN3/c1-12-7-16(5-6-17(12)21)24-19-11-22-18(9-14(19)10-23-24)13-3-2-4-15(20)8-13/h2-11H,1H3. The molecule has 0 N–H and O–H groups in total. The normalized spacial score (nSPS) is 11.1. The van der Waals surface area contributed by atoms with E-state index < -0.39 is 0 Å². The fraction of sp³-hybridized carbons (Fsp3) is 0.0526. The first kappa shape index (κ1) is 14.8. The van der Waals surface area contributed by atoms with Crippen molar-refractivity contribution >= 4 is 22.5 Å². The van der Waals surface area contributed by atoms with Gasteiger partial charge >= 0.3 is 0 Å². The number of aromatic nitrogens is 3. The van der Waals surface area contributed by atoms with Crippen LogP contribution >= 0.6 is 11.6 Å². The Bertz CT molecular complexity index is 1060. The lowest BCUT2D eigenvalue weighted by Crippen LogP contribution is -1.98. The van der Waals surface area contributed by atoms with E-state index in [2.05, 4.69) is 10.1 Å². The zero-order chi connectivity index (χ0) is 16.7. The molecule has 0 aliphatic carbocycles. The van der Waals surface area contributed by atoms with Gasteiger partial charge in [-0.25, -0.2) is 9.07 Å². The van der Waals surface area contributed by atoms with Crippen LogP contribution in [0.2, 0.25) is 5.02 Å². The molecule has 4 aromatic rings. The Balaban J connectivity index is 1.82. The van der Waals surface area contributed by atoms with E-state index in [0.29, 0.717) is 10.6 Å². The summed E-state index contributed by atoms with van der Waals surface area (Å²) in [5.74, 6) is -0.225. The zero-order valence-corrected chi connectivity index (χ0v) is 13.6. The molecule has 24 heavy (non-hydrogen) atoms. The highest BCUT2D eigenvalue weighted by Crippen LogP contribution is 2.25. The van der Waals surface area contributed by atoms with Crippen LogP contribution in [-0.2, 0) is 0 Å². The Labute approximate surface area is 143 Å². The molecule has 5 heteroatoms. The highest BCUT2D eigenvalue weighted by Gasteiger charge is 2.09. The number of aryl methyl sites for hydroxylation is 1. The predicted octanol–water partition coefficient (Wildman–Crippen LogP) is 5.19. The third-order valence-electron chi connectivity index (χ3n) is 3.96. The monoisotopic (exact) mass is 337 g/mol. The van der Waals surface area contributed by atoms with E-state index in [0.717, 1.165) is 27.8 Å². The minimum Gasteiger partial charge on any atom is -0.254 e. The van der Waals surface area contributed by atoms with Crippen molar-refractivity contribution in [1.29, 1.82) is 0 Å². The van der Waals surface area contributed by atoms with E-state index >= 15 is 0 Å². The maximum Gasteiger partial charge on any atom is 0.126 e. The molecule has 2 aromatic carbocycles. The van der Waals surface area contributed by atoms with E-state index in [1.54, 1.807) is 36.1 Å². The Kier molecular flexibility index (Phi) is 3.54. The van der Waals surface area contributed by atoms with Gasteiger partial charge in [0.2, 0.25) is 0 Å². The van der Waals surface area contributed by atoms with Crippen LogP contribution in [0.1, 0.15) is 5.56 Å². The lowest BCUT2D eigenvalue weighted by Gasteiger charge is -2.06. The molecule has 0 aliphatic heterocycles. The van der Waals surface area contributed by atoms with Gasteiger partial charge in [-0.2, -0.15) is 5.10 Å². The van der Waals surface area contributed by atoms with Crippen LogP contribution in [-0.4, -0.2) is 14.8 Å². The van der Waals surface area contributed by atoms with Crippen LogP contribution in [0, 0.1) is 12.7 Å². The SMILES string of the molecule is Cc1cc(-n2ncc3cc(-c4cccc(Cl)c4)ncc32)ccc1F. The van der Waals surface area contributed by atoms with Gasteiger partial charge in [-0.15, -0.1) is 0 Å². The van der Waals surface area contributed by atoms with Crippen molar-refractivity contribution in [3.8, 4) is 16.9 Å². The Hall–Kier alpha value is -2.72. The molecule has 0 saturated heterocycles. The van der Waals surface area contributed by atoms with Gasteiger partial charge in [0.15, 0.2) is 0 Å². The molecule has 0 fully saturated rings. The molecule has 0 spiro atoms. The van der Waals surface area contributed by atoms with Crippen molar-refractivity contribution in [3.63, 3.8) is 0 Å². The quantitative estimate of drug-likeness (QED) is 0.504. The van der Waals surface area contributed by atoms with Crippen molar-refractivity contribution < 1.29 is 4.39 Å². The zero-order valence-electron chi connectivity index (χ0n) is 12.9. The number of benzene rings is 2. The van der Waals surface area contributed by atoms with Crippen LogP contribution in [0.3, 0.4) is 0 Å². The Morgan fingerprint density at radius 2 is 1.92 bits per heavy atom. The molecule has 118 valence electrons. The molecule has 0 amide bonds. The smallest absolute Gasteiger partial charge is 0.126 e. The molecular formula is C19H13ClFN3. The number of hydrogen-bond donors (Lipinski definition) is 0. The van der Waals surface area contributed by atoms with Crippen molar-refractivity contribution in [2.24, 2.45) is 0 Å². The fourth-order valence-corrected chi connectivity index (χ4v) is 2.89. The van der Waals surface area contributed by atoms with Crippen LogP contribution in [0.4, 0.5) is 4.39 Å². The molecule has 4 rings (SSSR count). The topological polar surface area (TPSA) is 30.7 Å². The van der Waals surface area contributed by atoms with Crippen molar-refractivity contribution in [1.82, 2.24) is 14.8 Å². The van der Waals surface area contributed by atoms with Gasteiger partial charge in [0.05, 0.1) is 29.3 Å². The van der Waals surface area contributed by atoms with E-state index in [4.69, 9.17) is 11.6 Å². The van der Waals surface area contributed by atoms with E-state index in [1.165, 1.54) is 6.07 Å². The molecule has 0 atom stereocenters. The molecule has 3 nitrogen and oxygen atoms in total. The molecular weight excluding hydrogens is 325 g/mol. The third kappa shape index (κ3) is 2.55. The first-order valence-corrected chi connectivity index (χ1v) is 7.86. The Morgan fingerprint density at radius 1 is 1.04 bits per heavy atom. The summed E-state index contributed by atoms with van der Waals surface area (Å²) >= 11 is 6.05. The maximum absolute atomic E-state index is 13.5. The van der Waals surface area contributed by atoms with Gasteiger partial charge in [0.25, 0.3) is 0 Å². The Morgan fingerprint density at radius 3 is 2.71 bits per heavy atom. The van der Waals surface area contributed by atoms with Gasteiger partial charge in [0.1, 0.15) is 5.82 Å². The maximum atomic E-state index is 13.5. The predicted molar refractivity (Wildman–Crippen MR) is 94.0 cm³/mol. The van der Waals surface area contributed by atoms with Crippen molar-refractivity contribution in [3.05, 3.63) is 77.3 Å². The molecule has 0 radical (unpaired) electrons. The van der Waals surface area contributed by atoms with Crippen LogP contribution in [0.25, 0.3) is 27.8 Å². The summed E-state index contributed by atoms with van der Waals surface area (Å²) in [6.07, 6.45) is 3.56. The van der Waals surface area contributed by atoms with Gasteiger partial charge in [-0.3, -0.25) is 4.98 Å². The molecule has 0 bridgehead atoms. The molecule has 2 aromatic heterocycles. The molecule has 0 unspecified atom stereocenters. The number of pyridine rings is 1. The first-order valence-electron chi connectivity index (χ1n) is 7.48. The van der Waals surface area contributed by atoms with Crippen molar-refractivity contribution in [2.45, 2.75) is 6.92 Å². The lowest BCUT2D eigenvalue weighted by molar-refractivity contribution is 0.617. The molecule has 0 saturated carbocycles. The van der Waals surface area contributed by atoms with Gasteiger partial charge in [-0.1, -0.05) is 23.7 Å². The highest BCUT2D eigenvalue weighted by atomic mass is 35.5. The van der Waals surface area contributed by atoms with E-state index in [-0.39, 0.29) is 5.82 Å². The minimum atomic E-state index is -0.225. The second-order valence-corrected chi connectivity index (χ2v) is 6.07. The number of rotatable bonds is 2. The largest absolute Gasteiger partial charge is 0.254 e. The summed E-state index contributed by atoms with van der Waals surface area (Å²) in [4.78, 5) is 4.52. The number of halogens is 2. The summed E-state index contributed by atoms with van der Waals surface area (Å²) in [7, 11) is 0. The first-order chi connectivity index (χ1) is 11.6. The summed E-state index contributed by atoms with van der Waals surface area (Å²) in [5.41, 5.74) is 4.04. The molecule has 2 heterocycles. The fourth-order valence-electron chi connectivity index (χ4n) is 2.70. The van der Waals surface area contributed by atoms with Crippen LogP contribution in [0.5, 0.6) is 0 Å². The average molecular weight is 338 g/mol. The van der Waals surface area contributed by atoms with E-state index in [9.17, 15) is 4.39 Å². The lowest BCUT2D eigenvalue weighted by atomic mass is 10.1. The van der Waals surface area contributed by atoms with Gasteiger partial charge < -0.3 is 0 Å². The van der Waals surface area contributed by atoms with Gasteiger partial charge in [-0.05, 0) is 48.9 Å².